The van der Waals surface area contributed by atoms with E-state index in [1.165, 1.54) is 23.9 Å². The molecule has 0 aliphatic carbocycles. The smallest absolute Gasteiger partial charge is 0.306 e. The fourth-order valence-corrected chi connectivity index (χ4v) is 3.42. The molecule has 3 rings (SSSR count). The van der Waals surface area contributed by atoms with Crippen LogP contribution in [-0.4, -0.2) is 36.7 Å². The first-order valence-corrected chi connectivity index (χ1v) is 10.2. The summed E-state index contributed by atoms with van der Waals surface area (Å²) in [5.74, 6) is 0.154. The number of hydrogen-bond donors (Lipinski definition) is 0. The van der Waals surface area contributed by atoms with Crippen LogP contribution in [0.3, 0.4) is 0 Å². The van der Waals surface area contributed by atoms with Gasteiger partial charge in [0.05, 0.1) is 4.92 Å². The number of nitro benzene ring substituents is 1. The van der Waals surface area contributed by atoms with Gasteiger partial charge in [0.1, 0.15) is 6.10 Å². The van der Waals surface area contributed by atoms with Crippen molar-refractivity contribution < 1.29 is 14.5 Å². The number of nitrogens with zero attached hydrogens (tertiary/aromatic N) is 5. The molecule has 0 unspecified atom stereocenters. The van der Waals surface area contributed by atoms with Gasteiger partial charge in [-0.05, 0) is 44.6 Å². The van der Waals surface area contributed by atoms with Crippen molar-refractivity contribution >= 4 is 29.2 Å². The Kier molecular flexibility index (Phi) is 6.12. The number of aryl methyl sites for hydroxylation is 2. The van der Waals surface area contributed by atoms with Gasteiger partial charge >= 0.3 is 5.97 Å². The van der Waals surface area contributed by atoms with Crippen LogP contribution in [0.1, 0.15) is 42.0 Å². The average molecular weight is 415 g/mol. The highest BCUT2D eigenvalue weighted by Crippen LogP contribution is 2.23. The molecular weight excluding hydrogens is 394 g/mol. The molecule has 1 aromatic carbocycles. The first kappa shape index (κ1) is 20.7. The molecule has 0 spiro atoms. The zero-order chi connectivity index (χ0) is 21.1. The monoisotopic (exact) mass is 415 g/mol. The molecule has 3 aromatic rings. The van der Waals surface area contributed by atoms with Gasteiger partial charge < -0.3 is 4.74 Å². The molecule has 0 bridgehead atoms. The van der Waals surface area contributed by atoms with E-state index in [9.17, 15) is 14.9 Å². The van der Waals surface area contributed by atoms with Crippen LogP contribution in [0, 0.1) is 24.0 Å². The van der Waals surface area contributed by atoms with Crippen molar-refractivity contribution in [3.05, 3.63) is 56.9 Å². The fraction of sp³-hybridized carbons (Fsp3) is 0.368. The topological polar surface area (TPSA) is 113 Å². The summed E-state index contributed by atoms with van der Waals surface area (Å²) in [5, 5.41) is 16.0. The number of esters is 1. The van der Waals surface area contributed by atoms with E-state index in [0.717, 1.165) is 17.0 Å². The van der Waals surface area contributed by atoms with E-state index in [0.29, 0.717) is 22.9 Å². The first-order chi connectivity index (χ1) is 13.8. The largest absolute Gasteiger partial charge is 0.458 e. The van der Waals surface area contributed by atoms with Crippen LogP contribution in [0.25, 0.3) is 5.78 Å². The number of hydrogen-bond acceptors (Lipinski definition) is 8. The number of aromatic nitrogens is 4. The highest BCUT2D eigenvalue weighted by atomic mass is 32.2. The molecule has 2 heterocycles. The normalized spacial score (nSPS) is 12.1. The number of carbonyl (C=O) groups is 1. The number of ether oxygens (including phenoxy) is 1. The summed E-state index contributed by atoms with van der Waals surface area (Å²) in [4.78, 5) is 31.6. The number of fused-ring (bicyclic) bond motifs is 1. The SMILES string of the molecule is CSc1nc2nc(C)c(CCC(=O)O[C@@H](C)c3cccc([N+](=O)[O-])c3)c(C)n2n1. The summed E-state index contributed by atoms with van der Waals surface area (Å²) < 4.78 is 7.15. The molecule has 0 aliphatic heterocycles. The van der Waals surface area contributed by atoms with Gasteiger partial charge in [-0.25, -0.2) is 9.50 Å². The van der Waals surface area contributed by atoms with Crippen molar-refractivity contribution in [1.82, 2.24) is 19.6 Å². The maximum Gasteiger partial charge on any atom is 0.306 e. The lowest BCUT2D eigenvalue weighted by molar-refractivity contribution is -0.385. The number of rotatable bonds is 7. The predicted octanol–water partition coefficient (Wildman–Crippen LogP) is 3.61. The molecule has 29 heavy (non-hydrogen) atoms. The van der Waals surface area contributed by atoms with Crippen LogP contribution in [0.15, 0.2) is 29.4 Å². The molecule has 9 nitrogen and oxygen atoms in total. The van der Waals surface area contributed by atoms with Crippen molar-refractivity contribution in [2.45, 2.75) is 44.9 Å². The van der Waals surface area contributed by atoms with Gasteiger partial charge in [0.15, 0.2) is 0 Å². The molecule has 0 saturated heterocycles. The lowest BCUT2D eigenvalue weighted by Crippen LogP contribution is -2.12. The Hall–Kier alpha value is -3.01. The molecule has 0 radical (unpaired) electrons. The number of non-ortho nitro benzene ring substituents is 1. The van der Waals surface area contributed by atoms with E-state index in [-0.39, 0.29) is 18.1 Å². The molecule has 1 atom stereocenters. The minimum atomic E-state index is -0.579. The first-order valence-electron chi connectivity index (χ1n) is 9.00. The third-order valence-corrected chi connectivity index (χ3v) is 5.19. The summed E-state index contributed by atoms with van der Waals surface area (Å²) in [6.07, 6.45) is 1.94. The van der Waals surface area contributed by atoms with Gasteiger partial charge in [-0.2, -0.15) is 4.98 Å². The number of nitro groups is 1. The second kappa shape index (κ2) is 8.56. The van der Waals surface area contributed by atoms with E-state index in [2.05, 4.69) is 15.1 Å². The Labute approximate surface area is 171 Å². The molecule has 0 fully saturated rings. The molecule has 10 heteroatoms. The summed E-state index contributed by atoms with van der Waals surface area (Å²) in [6.45, 7) is 5.50. The quantitative estimate of drug-likeness (QED) is 0.249. The highest BCUT2D eigenvalue weighted by Gasteiger charge is 2.18. The lowest BCUT2D eigenvalue weighted by atomic mass is 10.1. The minimum absolute atomic E-state index is 0.0338. The summed E-state index contributed by atoms with van der Waals surface area (Å²) in [5.41, 5.74) is 3.16. The molecule has 0 saturated carbocycles. The maximum atomic E-state index is 12.3. The highest BCUT2D eigenvalue weighted by molar-refractivity contribution is 7.98. The van der Waals surface area contributed by atoms with Crippen molar-refractivity contribution in [3.63, 3.8) is 0 Å². The molecule has 2 aromatic heterocycles. The molecule has 152 valence electrons. The standard InChI is InChI=1S/C19H21N5O4S/c1-11-16(12(2)23-18(20-11)21-19(22-23)29-4)8-9-17(25)28-13(3)14-6-5-7-15(10-14)24(26)27/h5-7,10,13H,8-9H2,1-4H3/t13-/m0/s1. The molecular formula is C19H21N5O4S. The summed E-state index contributed by atoms with van der Waals surface area (Å²) in [7, 11) is 0. The number of benzene rings is 1. The van der Waals surface area contributed by atoms with E-state index in [1.807, 2.05) is 20.1 Å². The lowest BCUT2D eigenvalue weighted by Gasteiger charge is -2.14. The van der Waals surface area contributed by atoms with Crippen LogP contribution in [-0.2, 0) is 16.0 Å². The van der Waals surface area contributed by atoms with E-state index < -0.39 is 11.0 Å². The third-order valence-electron chi connectivity index (χ3n) is 4.65. The minimum Gasteiger partial charge on any atom is -0.458 e. The molecule has 0 aliphatic rings. The van der Waals surface area contributed by atoms with E-state index in [4.69, 9.17) is 4.74 Å². The van der Waals surface area contributed by atoms with Crippen molar-refractivity contribution in [2.24, 2.45) is 0 Å². The predicted molar refractivity (Wildman–Crippen MR) is 108 cm³/mol. The van der Waals surface area contributed by atoms with Gasteiger partial charge in [-0.15, -0.1) is 5.10 Å². The Morgan fingerprint density at radius 2 is 2.10 bits per heavy atom. The van der Waals surface area contributed by atoms with Crippen molar-refractivity contribution in [1.29, 1.82) is 0 Å². The van der Waals surface area contributed by atoms with Crippen molar-refractivity contribution in [3.8, 4) is 0 Å². The van der Waals surface area contributed by atoms with E-state index in [1.54, 1.807) is 23.6 Å². The van der Waals surface area contributed by atoms with Crippen LogP contribution < -0.4 is 0 Å². The van der Waals surface area contributed by atoms with Crippen LogP contribution >= 0.6 is 11.8 Å². The van der Waals surface area contributed by atoms with Crippen LogP contribution in [0.4, 0.5) is 5.69 Å². The Morgan fingerprint density at radius 1 is 1.34 bits per heavy atom. The Bertz CT molecular complexity index is 1080. The second-order valence-electron chi connectivity index (χ2n) is 6.56. The van der Waals surface area contributed by atoms with Crippen molar-refractivity contribution in [2.75, 3.05) is 6.26 Å². The molecule has 0 amide bonds. The summed E-state index contributed by atoms with van der Waals surface area (Å²) >= 11 is 1.44. The van der Waals surface area contributed by atoms with Crippen LogP contribution in [0.5, 0.6) is 0 Å². The third kappa shape index (κ3) is 4.53. The maximum absolute atomic E-state index is 12.3. The zero-order valence-corrected chi connectivity index (χ0v) is 17.4. The summed E-state index contributed by atoms with van der Waals surface area (Å²) in [6, 6.07) is 6.09. The second-order valence-corrected chi connectivity index (χ2v) is 7.33. The number of thioether (sulfide) groups is 1. The Balaban J connectivity index is 1.69. The van der Waals surface area contributed by atoms with Gasteiger partial charge in [-0.3, -0.25) is 14.9 Å². The van der Waals surface area contributed by atoms with Gasteiger partial charge in [0, 0.05) is 29.9 Å². The Morgan fingerprint density at radius 3 is 2.79 bits per heavy atom. The number of carbonyl (C=O) groups excluding carboxylic acids is 1. The van der Waals surface area contributed by atoms with Gasteiger partial charge in [0.2, 0.25) is 5.16 Å². The fourth-order valence-electron chi connectivity index (χ4n) is 3.08. The van der Waals surface area contributed by atoms with Gasteiger partial charge in [-0.1, -0.05) is 23.9 Å². The average Bonchev–Trinajstić information content (AvgIpc) is 3.11. The molecule has 0 N–H and O–H groups in total. The van der Waals surface area contributed by atoms with Crippen LogP contribution in [0.2, 0.25) is 0 Å². The van der Waals surface area contributed by atoms with E-state index >= 15 is 0 Å². The van der Waals surface area contributed by atoms with Gasteiger partial charge in [0.25, 0.3) is 11.5 Å². The zero-order valence-electron chi connectivity index (χ0n) is 16.6.